The molecular formula is C27H20Cl3F3N6O3. The lowest BCUT2D eigenvalue weighted by molar-refractivity contribution is -0.120. The van der Waals surface area contributed by atoms with E-state index in [1.54, 1.807) is 29.8 Å². The molecule has 0 bridgehead atoms. The quantitative estimate of drug-likeness (QED) is 0.175. The number of alkyl halides is 2. The highest BCUT2D eigenvalue weighted by molar-refractivity contribution is 6.39. The molecule has 2 amide bonds. The van der Waals surface area contributed by atoms with E-state index >= 15 is 0 Å². The predicted molar refractivity (Wildman–Crippen MR) is 153 cm³/mol. The zero-order chi connectivity index (χ0) is 30.6. The van der Waals surface area contributed by atoms with E-state index in [1.807, 2.05) is 0 Å². The second-order valence-corrected chi connectivity index (χ2v) is 9.94. The average Bonchev–Trinajstić information content (AvgIpc) is 3.24. The summed E-state index contributed by atoms with van der Waals surface area (Å²) in [6, 6.07) is 11.2. The fourth-order valence-corrected chi connectivity index (χ4v) is 4.55. The van der Waals surface area contributed by atoms with Crippen molar-refractivity contribution in [2.45, 2.75) is 19.4 Å². The third kappa shape index (κ3) is 6.99. The summed E-state index contributed by atoms with van der Waals surface area (Å²) in [5, 5.41) is 17.0. The Balaban J connectivity index is 1.69. The van der Waals surface area contributed by atoms with E-state index in [0.29, 0.717) is 16.6 Å². The van der Waals surface area contributed by atoms with Crippen molar-refractivity contribution in [3.05, 3.63) is 74.5 Å². The Morgan fingerprint density at radius 1 is 1.12 bits per heavy atom. The van der Waals surface area contributed by atoms with Gasteiger partial charge in [-0.3, -0.25) is 9.59 Å². The van der Waals surface area contributed by atoms with Crippen LogP contribution in [-0.4, -0.2) is 34.4 Å². The number of anilines is 3. The minimum atomic E-state index is -2.81. The number of benzene rings is 3. The van der Waals surface area contributed by atoms with Crippen LogP contribution in [0.5, 0.6) is 5.75 Å². The van der Waals surface area contributed by atoms with Crippen LogP contribution in [0.1, 0.15) is 22.3 Å². The Hall–Kier alpha value is -4.18. The van der Waals surface area contributed by atoms with Crippen molar-refractivity contribution >= 4 is 75.0 Å². The van der Waals surface area contributed by atoms with E-state index < -0.39 is 30.7 Å². The number of carbonyl (C=O) groups is 2. The van der Waals surface area contributed by atoms with Crippen molar-refractivity contribution in [1.82, 2.24) is 14.9 Å². The first-order valence-electron chi connectivity index (χ1n) is 12.0. The molecule has 0 aliphatic heterocycles. The molecule has 15 heteroatoms. The molecule has 0 spiro atoms. The summed E-state index contributed by atoms with van der Waals surface area (Å²) in [4.78, 5) is 29.3. The van der Waals surface area contributed by atoms with E-state index in [2.05, 4.69) is 20.9 Å². The van der Waals surface area contributed by atoms with Crippen molar-refractivity contribution in [3.8, 4) is 11.8 Å². The first kappa shape index (κ1) is 30.8. The number of hydrogen-bond donors (Lipinski definition) is 3. The second-order valence-electron chi connectivity index (χ2n) is 8.75. The minimum absolute atomic E-state index is 0.0380. The van der Waals surface area contributed by atoms with Gasteiger partial charge in [-0.2, -0.15) is 5.26 Å². The summed E-state index contributed by atoms with van der Waals surface area (Å²) < 4.78 is 46.4. The van der Waals surface area contributed by atoms with Crippen LogP contribution < -0.4 is 20.7 Å². The summed E-state index contributed by atoms with van der Waals surface area (Å²) in [5.74, 6) is -1.81. The van der Waals surface area contributed by atoms with Gasteiger partial charge in [0, 0.05) is 25.3 Å². The van der Waals surface area contributed by atoms with Gasteiger partial charge in [0.2, 0.25) is 11.9 Å². The molecule has 0 aliphatic carbocycles. The molecule has 42 heavy (non-hydrogen) atoms. The van der Waals surface area contributed by atoms with Crippen LogP contribution in [0, 0.1) is 17.1 Å². The van der Waals surface area contributed by atoms with Gasteiger partial charge in [-0.25, -0.2) is 18.2 Å². The molecule has 0 radical (unpaired) electrons. The molecule has 1 aromatic heterocycles. The third-order valence-electron chi connectivity index (χ3n) is 5.89. The normalized spacial score (nSPS) is 10.9. The van der Waals surface area contributed by atoms with Crippen LogP contribution in [0.2, 0.25) is 15.1 Å². The van der Waals surface area contributed by atoms with Crippen LogP contribution in [0.15, 0.2) is 42.5 Å². The molecule has 1 heterocycles. The number of imidazole rings is 1. The fourth-order valence-electron chi connectivity index (χ4n) is 3.84. The first-order valence-corrected chi connectivity index (χ1v) is 13.2. The monoisotopic (exact) mass is 638 g/mol. The summed E-state index contributed by atoms with van der Waals surface area (Å²) >= 11 is 18.7. The topological polar surface area (TPSA) is 121 Å². The standard InChI is InChI=1S/C27H20Cl3F3N6O3/c1-39-20-10-21(42-12-22(32)33)15(26(41)36-14-3-5-18(31)17(29)8-14)9-19(20)37-27(39)38-25-16(28)4-2-13(24(25)30)11-35-23(40)6-7-34/h2-5,8-10,22H,6,11-12H2,1H3,(H,35,40)(H,36,41)(H,37,38). The van der Waals surface area contributed by atoms with Gasteiger partial charge in [0.25, 0.3) is 12.3 Å². The van der Waals surface area contributed by atoms with Crippen LogP contribution in [0.3, 0.4) is 0 Å². The summed E-state index contributed by atoms with van der Waals surface area (Å²) in [5.41, 5.74) is 1.54. The zero-order valence-electron chi connectivity index (χ0n) is 21.6. The lowest BCUT2D eigenvalue weighted by Crippen LogP contribution is -2.22. The van der Waals surface area contributed by atoms with Gasteiger partial charge in [0.05, 0.1) is 43.4 Å². The van der Waals surface area contributed by atoms with Crippen LogP contribution >= 0.6 is 34.8 Å². The number of hydrogen-bond acceptors (Lipinski definition) is 6. The number of aryl methyl sites for hydroxylation is 1. The smallest absolute Gasteiger partial charge is 0.272 e. The maximum atomic E-state index is 13.5. The summed E-state index contributed by atoms with van der Waals surface area (Å²) in [6.45, 7) is -0.934. The van der Waals surface area contributed by atoms with Gasteiger partial charge in [0.1, 0.15) is 24.6 Å². The third-order valence-corrected chi connectivity index (χ3v) is 6.93. The van der Waals surface area contributed by atoms with E-state index in [-0.39, 0.29) is 56.7 Å². The number of rotatable bonds is 10. The number of nitrogens with zero attached hydrogens (tertiary/aromatic N) is 3. The zero-order valence-corrected chi connectivity index (χ0v) is 23.8. The van der Waals surface area contributed by atoms with Gasteiger partial charge in [-0.1, -0.05) is 40.9 Å². The number of carbonyl (C=O) groups excluding carboxylic acids is 2. The van der Waals surface area contributed by atoms with Crippen LogP contribution in [0.25, 0.3) is 11.0 Å². The van der Waals surface area contributed by atoms with Crippen molar-refractivity contribution < 1.29 is 27.5 Å². The molecule has 0 fully saturated rings. The Kier molecular flexibility index (Phi) is 9.67. The molecule has 3 aromatic carbocycles. The molecule has 0 saturated heterocycles. The molecule has 3 N–H and O–H groups in total. The number of nitrogens with one attached hydrogen (secondary N) is 3. The van der Waals surface area contributed by atoms with Crippen molar-refractivity contribution in [2.24, 2.45) is 7.05 Å². The Morgan fingerprint density at radius 3 is 2.57 bits per heavy atom. The molecule has 218 valence electrons. The van der Waals surface area contributed by atoms with E-state index in [0.717, 1.165) is 6.07 Å². The van der Waals surface area contributed by atoms with Gasteiger partial charge in [0.15, 0.2) is 0 Å². The van der Waals surface area contributed by atoms with Crippen LogP contribution in [-0.2, 0) is 18.4 Å². The highest BCUT2D eigenvalue weighted by atomic mass is 35.5. The Morgan fingerprint density at radius 2 is 1.88 bits per heavy atom. The minimum Gasteiger partial charge on any atom is -0.487 e. The van der Waals surface area contributed by atoms with Crippen molar-refractivity contribution in [2.75, 3.05) is 17.2 Å². The summed E-state index contributed by atoms with van der Waals surface area (Å²) in [7, 11) is 1.63. The van der Waals surface area contributed by atoms with Crippen molar-refractivity contribution in [1.29, 1.82) is 5.26 Å². The average molecular weight is 640 g/mol. The van der Waals surface area contributed by atoms with Gasteiger partial charge in [-0.05, 0) is 35.9 Å². The van der Waals surface area contributed by atoms with Gasteiger partial charge < -0.3 is 25.3 Å². The van der Waals surface area contributed by atoms with Gasteiger partial charge in [-0.15, -0.1) is 0 Å². The van der Waals surface area contributed by atoms with Crippen LogP contribution in [0.4, 0.5) is 30.5 Å². The molecule has 4 rings (SSSR count). The van der Waals surface area contributed by atoms with E-state index in [4.69, 9.17) is 44.8 Å². The Labute approximate surface area is 252 Å². The SMILES string of the molecule is Cn1c(Nc2c(Cl)ccc(CNC(=O)CC#N)c2Cl)nc2cc(C(=O)Nc3ccc(F)c(Cl)c3)c(OCC(F)F)cc21. The summed E-state index contributed by atoms with van der Waals surface area (Å²) in [6.07, 6.45) is -3.12. The number of fused-ring (bicyclic) bond motifs is 1. The van der Waals surface area contributed by atoms with Gasteiger partial charge >= 0.3 is 0 Å². The molecule has 0 atom stereocenters. The second kappa shape index (κ2) is 13.2. The largest absolute Gasteiger partial charge is 0.487 e. The highest BCUT2D eigenvalue weighted by Gasteiger charge is 2.21. The fraction of sp³-hybridized carbons (Fsp3) is 0.185. The predicted octanol–water partition coefficient (Wildman–Crippen LogP) is 6.84. The molecule has 9 nitrogen and oxygen atoms in total. The molecule has 0 unspecified atom stereocenters. The first-order chi connectivity index (χ1) is 20.0. The number of nitriles is 1. The maximum Gasteiger partial charge on any atom is 0.272 e. The van der Waals surface area contributed by atoms with E-state index in [9.17, 15) is 22.8 Å². The maximum absolute atomic E-state index is 13.5. The molecule has 0 saturated carbocycles. The van der Waals surface area contributed by atoms with Crippen molar-refractivity contribution in [3.63, 3.8) is 0 Å². The molecular weight excluding hydrogens is 620 g/mol. The lowest BCUT2D eigenvalue weighted by atomic mass is 10.1. The molecule has 4 aromatic rings. The van der Waals surface area contributed by atoms with E-state index in [1.165, 1.54) is 24.3 Å². The Bertz CT molecular complexity index is 1730. The number of ether oxygens (including phenoxy) is 1. The lowest BCUT2D eigenvalue weighted by Gasteiger charge is -2.14. The number of amides is 2. The number of halogens is 6. The highest BCUT2D eigenvalue weighted by Crippen LogP contribution is 2.37. The molecule has 0 aliphatic rings. The number of aromatic nitrogens is 2.